The number of hydrogen-bond donors (Lipinski definition) is 4. The zero-order chi connectivity index (χ0) is 40.4. The van der Waals surface area contributed by atoms with Crippen molar-refractivity contribution >= 4 is 23.5 Å². The van der Waals surface area contributed by atoms with E-state index in [1.807, 2.05) is 50.2 Å². The van der Waals surface area contributed by atoms with E-state index in [9.17, 15) is 20.4 Å². The van der Waals surface area contributed by atoms with Gasteiger partial charge in [0.1, 0.15) is 11.9 Å². The molecule has 310 valence electrons. The molecule has 0 unspecified atom stereocenters. The molecular formula is C42H64O11S2. The van der Waals surface area contributed by atoms with Gasteiger partial charge in [0, 0.05) is 45.3 Å². The van der Waals surface area contributed by atoms with Crippen molar-refractivity contribution in [3.8, 4) is 29.1 Å². The zero-order valence-corrected chi connectivity index (χ0v) is 35.4. The Kier molecular flexibility index (Phi) is 21.0. The van der Waals surface area contributed by atoms with Crippen molar-refractivity contribution in [1.82, 2.24) is 0 Å². The van der Waals surface area contributed by atoms with Gasteiger partial charge in [-0.25, -0.2) is 0 Å². The van der Waals surface area contributed by atoms with Crippen molar-refractivity contribution in [3.63, 3.8) is 0 Å². The van der Waals surface area contributed by atoms with Crippen LogP contribution in [0.1, 0.15) is 64.0 Å². The van der Waals surface area contributed by atoms with Crippen molar-refractivity contribution < 1.29 is 53.6 Å². The molecular weight excluding hydrogens is 745 g/mol. The van der Waals surface area contributed by atoms with Crippen molar-refractivity contribution in [2.24, 2.45) is 11.8 Å². The van der Waals surface area contributed by atoms with E-state index in [0.29, 0.717) is 30.9 Å². The normalized spacial score (nSPS) is 19.1. The third-order valence-electron chi connectivity index (χ3n) is 10.4. The monoisotopic (exact) mass is 808 g/mol. The topological polar surface area (TPSA) is 146 Å². The molecule has 9 atom stereocenters. The maximum absolute atomic E-state index is 12.6. The van der Waals surface area contributed by atoms with Gasteiger partial charge in [0.25, 0.3) is 0 Å². The van der Waals surface area contributed by atoms with Crippen LogP contribution in [-0.4, -0.2) is 121 Å². The molecule has 3 rings (SSSR count). The lowest BCUT2D eigenvalue weighted by atomic mass is 9.82. The number of methoxy groups -OCH3 is 5. The number of aliphatic hydroxyl groups is 4. The maximum atomic E-state index is 12.6. The summed E-state index contributed by atoms with van der Waals surface area (Å²) in [7, 11) is 7.91. The van der Waals surface area contributed by atoms with Gasteiger partial charge in [0.05, 0.1) is 81.9 Å². The average Bonchev–Trinajstić information content (AvgIpc) is 3.22. The molecule has 1 saturated heterocycles. The number of ether oxygens (including phenoxy) is 7. The van der Waals surface area contributed by atoms with Crippen LogP contribution in [0.5, 0.6) is 17.2 Å². The summed E-state index contributed by atoms with van der Waals surface area (Å²) in [5.41, 5.74) is 1.77. The Morgan fingerprint density at radius 3 is 2.02 bits per heavy atom. The Labute approximate surface area is 337 Å². The minimum absolute atomic E-state index is 0.144. The number of thioether (sulfide) groups is 2. The molecule has 0 aliphatic carbocycles. The molecule has 2 aromatic carbocycles. The van der Waals surface area contributed by atoms with E-state index < -0.39 is 58.6 Å². The van der Waals surface area contributed by atoms with Gasteiger partial charge in [-0.1, -0.05) is 32.0 Å². The molecule has 2 aromatic rings. The van der Waals surface area contributed by atoms with E-state index in [0.717, 1.165) is 34.8 Å². The summed E-state index contributed by atoms with van der Waals surface area (Å²) in [6, 6.07) is 13.1. The lowest BCUT2D eigenvalue weighted by Gasteiger charge is -2.49. The fourth-order valence-electron chi connectivity index (χ4n) is 6.87. The van der Waals surface area contributed by atoms with E-state index in [-0.39, 0.29) is 26.1 Å². The summed E-state index contributed by atoms with van der Waals surface area (Å²) in [5, 5.41) is 47.3. The average molecular weight is 809 g/mol. The third-order valence-corrected chi connectivity index (χ3v) is 14.2. The molecule has 11 nitrogen and oxygen atoms in total. The van der Waals surface area contributed by atoms with Crippen LogP contribution in [0.15, 0.2) is 42.5 Å². The Balaban J connectivity index is 1.85. The Morgan fingerprint density at radius 1 is 0.764 bits per heavy atom. The molecule has 0 saturated carbocycles. The van der Waals surface area contributed by atoms with Crippen molar-refractivity contribution in [2.45, 2.75) is 113 Å². The van der Waals surface area contributed by atoms with Crippen LogP contribution >= 0.6 is 23.5 Å². The number of hydrogen-bond acceptors (Lipinski definition) is 13. The fourth-order valence-corrected chi connectivity index (χ4v) is 10.6. The highest BCUT2D eigenvalue weighted by Crippen LogP contribution is 2.53. The summed E-state index contributed by atoms with van der Waals surface area (Å²) in [6.07, 6.45) is -3.38. The van der Waals surface area contributed by atoms with E-state index in [1.165, 1.54) is 0 Å². The van der Waals surface area contributed by atoms with E-state index >= 15 is 0 Å². The first kappa shape index (κ1) is 47.2. The van der Waals surface area contributed by atoms with Gasteiger partial charge in [0.15, 0.2) is 11.5 Å². The first-order chi connectivity index (χ1) is 26.5. The number of benzene rings is 2. The van der Waals surface area contributed by atoms with Crippen molar-refractivity contribution in [1.29, 1.82) is 0 Å². The van der Waals surface area contributed by atoms with Gasteiger partial charge in [-0.05, 0) is 66.7 Å². The standard InChI is InChI=1S/C42H64O11S2/c1-9-10-11-13-34(43)37(50-7)24-39(53-26-31-16-19-36(49-6)38(22-31)51-8)41(46)42(54-20-12-21-55-42)29(3)40(45)28(2)35(44)23-33(27-47-4)52-25-30-14-17-32(48-5)18-15-30/h14-19,22,28-29,33-35,37,39-41,43-46H,11-13,20-21,23-27H2,1-8H3/t28-,29+,33+,34-,35+,37-,39-,40-,41+/m0/s1. The number of rotatable bonds is 25. The molecule has 1 aliphatic rings. The molecule has 13 heteroatoms. The van der Waals surface area contributed by atoms with Crippen LogP contribution in [0, 0.1) is 23.7 Å². The van der Waals surface area contributed by atoms with Crippen LogP contribution < -0.4 is 14.2 Å². The van der Waals surface area contributed by atoms with E-state index in [1.54, 1.807) is 72.1 Å². The second kappa shape index (κ2) is 24.5. The molecule has 1 heterocycles. The molecule has 4 N–H and O–H groups in total. The predicted molar refractivity (Wildman–Crippen MR) is 219 cm³/mol. The second-order valence-electron chi connectivity index (χ2n) is 14.0. The van der Waals surface area contributed by atoms with Crippen molar-refractivity contribution in [3.05, 3.63) is 53.6 Å². The van der Waals surface area contributed by atoms with Gasteiger partial charge < -0.3 is 53.6 Å². The van der Waals surface area contributed by atoms with Gasteiger partial charge in [0.2, 0.25) is 0 Å². The second-order valence-corrected chi connectivity index (χ2v) is 17.0. The minimum atomic E-state index is -1.09. The summed E-state index contributed by atoms with van der Waals surface area (Å²) in [4.78, 5) is 0. The molecule has 0 amide bonds. The van der Waals surface area contributed by atoms with Gasteiger partial charge in [-0.3, -0.25) is 0 Å². The molecule has 55 heavy (non-hydrogen) atoms. The molecule has 0 bridgehead atoms. The maximum Gasteiger partial charge on any atom is 0.161 e. The van der Waals surface area contributed by atoms with E-state index in [2.05, 4.69) is 11.8 Å². The summed E-state index contributed by atoms with van der Waals surface area (Å²) in [5.74, 6) is 8.28. The van der Waals surface area contributed by atoms with Gasteiger partial charge >= 0.3 is 0 Å². The summed E-state index contributed by atoms with van der Waals surface area (Å²) in [6.45, 7) is 6.28. The predicted octanol–water partition coefficient (Wildman–Crippen LogP) is 5.71. The SMILES string of the molecule is CC#CCC[C@H](O)[C@H](C[C@H](OCc1ccc(OC)c(OC)c1)[C@@H](O)C1([C@H](C)[C@@H](O)[C@@H](C)[C@H](O)C[C@H](COC)OCc2ccc(OC)cc2)SCCCS1)OC. The highest BCUT2D eigenvalue weighted by molar-refractivity contribution is 8.18. The molecule has 0 spiro atoms. The van der Waals surface area contributed by atoms with Crippen LogP contribution in [0.3, 0.4) is 0 Å². The number of aliphatic hydroxyl groups excluding tert-OH is 4. The summed E-state index contributed by atoms with van der Waals surface area (Å²) >= 11 is 3.23. The largest absolute Gasteiger partial charge is 0.497 e. The van der Waals surface area contributed by atoms with Gasteiger partial charge in [-0.2, -0.15) is 0 Å². The van der Waals surface area contributed by atoms with E-state index in [4.69, 9.17) is 33.2 Å². The lowest BCUT2D eigenvalue weighted by Crippen LogP contribution is -2.56. The Bertz CT molecular complexity index is 1430. The fraction of sp³-hybridized carbons (Fsp3) is 0.667. The van der Waals surface area contributed by atoms with Crippen molar-refractivity contribution in [2.75, 3.05) is 53.7 Å². The van der Waals surface area contributed by atoms with Gasteiger partial charge in [-0.15, -0.1) is 35.4 Å². The highest BCUT2D eigenvalue weighted by atomic mass is 32.2. The quantitative estimate of drug-likeness (QED) is 0.0911. The third kappa shape index (κ3) is 13.7. The summed E-state index contributed by atoms with van der Waals surface area (Å²) < 4.78 is 39.3. The molecule has 1 aliphatic heterocycles. The molecule has 0 aromatic heterocycles. The first-order valence-electron chi connectivity index (χ1n) is 19.0. The first-order valence-corrected chi connectivity index (χ1v) is 20.9. The molecule has 0 radical (unpaired) electrons. The van der Waals surface area contributed by atoms with Crippen LogP contribution in [-0.2, 0) is 32.2 Å². The highest BCUT2D eigenvalue weighted by Gasteiger charge is 2.52. The minimum Gasteiger partial charge on any atom is -0.497 e. The molecule has 1 fully saturated rings. The zero-order valence-electron chi connectivity index (χ0n) is 33.8. The smallest absolute Gasteiger partial charge is 0.161 e. The van der Waals surface area contributed by atoms with Crippen LogP contribution in [0.25, 0.3) is 0 Å². The lowest BCUT2D eigenvalue weighted by molar-refractivity contribution is -0.109. The van der Waals surface area contributed by atoms with Crippen LogP contribution in [0.4, 0.5) is 0 Å². The Hall–Kier alpha value is -2.22. The Morgan fingerprint density at radius 2 is 1.42 bits per heavy atom. The van der Waals surface area contributed by atoms with Crippen LogP contribution in [0.2, 0.25) is 0 Å².